The van der Waals surface area contributed by atoms with Gasteiger partial charge in [0.2, 0.25) is 5.95 Å². The number of benzene rings is 2. The van der Waals surface area contributed by atoms with Crippen molar-refractivity contribution in [3.8, 4) is 17.0 Å². The van der Waals surface area contributed by atoms with E-state index in [0.717, 1.165) is 45.1 Å². The van der Waals surface area contributed by atoms with Crippen LogP contribution < -0.4 is 15.8 Å². The Morgan fingerprint density at radius 2 is 1.97 bits per heavy atom. The second kappa shape index (κ2) is 8.31. The number of rotatable bonds is 7. The number of hydrogen-bond donors (Lipinski definition) is 2. The predicted molar refractivity (Wildman–Crippen MR) is 121 cm³/mol. The lowest BCUT2D eigenvalue weighted by Gasteiger charge is -2.07. The van der Waals surface area contributed by atoms with Crippen molar-refractivity contribution in [1.82, 2.24) is 20.3 Å². The molecule has 31 heavy (non-hydrogen) atoms. The van der Waals surface area contributed by atoms with Gasteiger partial charge in [-0.3, -0.25) is 4.79 Å². The van der Waals surface area contributed by atoms with Crippen molar-refractivity contribution >= 4 is 33.4 Å². The molecule has 7 nitrogen and oxygen atoms in total. The van der Waals surface area contributed by atoms with E-state index in [2.05, 4.69) is 21.4 Å². The van der Waals surface area contributed by atoms with E-state index in [4.69, 9.17) is 15.5 Å². The summed E-state index contributed by atoms with van der Waals surface area (Å²) in [6.45, 7) is 0.517. The van der Waals surface area contributed by atoms with Crippen LogP contribution >= 0.6 is 11.3 Å². The SMILES string of the molecule is Nc1nccc(-c2ccc3nc(CCOc4ccc(C(=O)NC5CC5)cc4)sc3c2)n1. The van der Waals surface area contributed by atoms with Gasteiger partial charge in [-0.05, 0) is 55.3 Å². The third-order valence-electron chi connectivity index (χ3n) is 5.02. The lowest BCUT2D eigenvalue weighted by atomic mass is 10.1. The molecule has 1 fully saturated rings. The van der Waals surface area contributed by atoms with Gasteiger partial charge in [0.1, 0.15) is 5.75 Å². The van der Waals surface area contributed by atoms with Gasteiger partial charge in [-0.25, -0.2) is 15.0 Å². The standard InChI is InChI=1S/C23H21N5O2S/c24-23-25-11-9-18(28-23)15-3-8-19-20(13-15)31-21(27-19)10-12-30-17-6-1-14(2-7-17)22(29)26-16-4-5-16/h1-3,6-9,11,13,16H,4-5,10,12H2,(H,26,29)(H2,24,25,28). The Bertz CT molecular complexity index is 1230. The molecule has 0 radical (unpaired) electrons. The van der Waals surface area contributed by atoms with E-state index in [1.165, 1.54) is 0 Å². The molecule has 1 saturated carbocycles. The minimum Gasteiger partial charge on any atom is -0.493 e. The van der Waals surface area contributed by atoms with Crippen LogP contribution in [-0.2, 0) is 6.42 Å². The fourth-order valence-electron chi connectivity index (χ4n) is 3.23. The fourth-order valence-corrected chi connectivity index (χ4v) is 4.22. The van der Waals surface area contributed by atoms with E-state index in [1.807, 2.05) is 30.3 Å². The second-order valence-corrected chi connectivity index (χ2v) is 8.58. The molecule has 0 atom stereocenters. The maximum absolute atomic E-state index is 12.0. The molecule has 0 aliphatic heterocycles. The molecule has 8 heteroatoms. The van der Waals surface area contributed by atoms with E-state index >= 15 is 0 Å². The zero-order valence-electron chi connectivity index (χ0n) is 16.7. The van der Waals surface area contributed by atoms with Crippen LogP contribution in [0.25, 0.3) is 21.5 Å². The number of nitrogens with one attached hydrogen (secondary N) is 1. The lowest BCUT2D eigenvalue weighted by Crippen LogP contribution is -2.25. The Balaban J connectivity index is 1.20. The number of nitrogens with zero attached hydrogens (tertiary/aromatic N) is 3. The molecule has 156 valence electrons. The molecule has 0 spiro atoms. The van der Waals surface area contributed by atoms with Crippen LogP contribution in [0.15, 0.2) is 54.7 Å². The number of nitrogen functional groups attached to an aromatic ring is 1. The summed E-state index contributed by atoms with van der Waals surface area (Å²) in [6.07, 6.45) is 4.52. The van der Waals surface area contributed by atoms with Crippen LogP contribution in [0.3, 0.4) is 0 Å². The number of nitrogens with two attached hydrogens (primary N) is 1. The summed E-state index contributed by atoms with van der Waals surface area (Å²) >= 11 is 1.64. The topological polar surface area (TPSA) is 103 Å². The molecule has 1 amide bonds. The molecule has 1 aliphatic rings. The Kier molecular flexibility index (Phi) is 5.21. The van der Waals surface area contributed by atoms with Gasteiger partial charge in [0, 0.05) is 29.8 Å². The van der Waals surface area contributed by atoms with E-state index < -0.39 is 0 Å². The highest BCUT2D eigenvalue weighted by molar-refractivity contribution is 7.18. The summed E-state index contributed by atoms with van der Waals surface area (Å²) in [5.41, 5.74) is 9.09. The maximum atomic E-state index is 12.0. The van der Waals surface area contributed by atoms with Gasteiger partial charge in [-0.15, -0.1) is 11.3 Å². The highest BCUT2D eigenvalue weighted by Crippen LogP contribution is 2.28. The van der Waals surface area contributed by atoms with E-state index in [9.17, 15) is 4.79 Å². The summed E-state index contributed by atoms with van der Waals surface area (Å²) in [7, 11) is 0. The van der Waals surface area contributed by atoms with Gasteiger partial charge >= 0.3 is 0 Å². The maximum Gasteiger partial charge on any atom is 0.251 e. The monoisotopic (exact) mass is 431 g/mol. The number of carbonyl (C=O) groups excluding carboxylic acids is 1. The van der Waals surface area contributed by atoms with Crippen molar-refractivity contribution in [2.24, 2.45) is 0 Å². The first kappa shape index (κ1) is 19.4. The van der Waals surface area contributed by atoms with Crippen molar-refractivity contribution in [2.75, 3.05) is 12.3 Å². The molecule has 0 saturated heterocycles. The number of ether oxygens (including phenoxy) is 1. The molecule has 0 unspecified atom stereocenters. The molecule has 1 aliphatic carbocycles. The number of anilines is 1. The largest absolute Gasteiger partial charge is 0.493 e. The van der Waals surface area contributed by atoms with Gasteiger partial charge in [0.25, 0.3) is 5.91 Å². The fraction of sp³-hybridized carbons (Fsp3) is 0.217. The summed E-state index contributed by atoms with van der Waals surface area (Å²) in [5.74, 6) is 0.983. The lowest BCUT2D eigenvalue weighted by molar-refractivity contribution is 0.0951. The third-order valence-corrected chi connectivity index (χ3v) is 6.09. The summed E-state index contributed by atoms with van der Waals surface area (Å²) in [5, 5.41) is 3.99. The second-order valence-electron chi connectivity index (χ2n) is 7.46. The van der Waals surface area contributed by atoms with Crippen molar-refractivity contribution in [3.05, 3.63) is 65.3 Å². The Hall–Kier alpha value is -3.52. The molecule has 2 heterocycles. The van der Waals surface area contributed by atoms with Gasteiger partial charge in [0.05, 0.1) is 27.5 Å². The first-order valence-corrected chi connectivity index (χ1v) is 11.0. The molecular weight excluding hydrogens is 410 g/mol. The first-order valence-electron chi connectivity index (χ1n) is 10.2. The highest BCUT2D eigenvalue weighted by Gasteiger charge is 2.23. The Labute approximate surface area is 183 Å². The first-order chi connectivity index (χ1) is 15.1. The van der Waals surface area contributed by atoms with E-state index in [0.29, 0.717) is 24.6 Å². The zero-order chi connectivity index (χ0) is 21.2. The van der Waals surface area contributed by atoms with Crippen molar-refractivity contribution in [2.45, 2.75) is 25.3 Å². The molecule has 2 aromatic carbocycles. The van der Waals surface area contributed by atoms with Gasteiger partial charge in [-0.1, -0.05) is 6.07 Å². The zero-order valence-corrected chi connectivity index (χ0v) is 17.6. The number of carbonyl (C=O) groups is 1. The van der Waals surface area contributed by atoms with Crippen LogP contribution in [0.1, 0.15) is 28.2 Å². The highest BCUT2D eigenvalue weighted by atomic mass is 32.1. The van der Waals surface area contributed by atoms with Crippen molar-refractivity contribution < 1.29 is 9.53 Å². The molecule has 5 rings (SSSR count). The van der Waals surface area contributed by atoms with Crippen molar-refractivity contribution in [3.63, 3.8) is 0 Å². The Morgan fingerprint density at radius 3 is 2.74 bits per heavy atom. The van der Waals surface area contributed by atoms with Crippen LogP contribution in [0, 0.1) is 0 Å². The van der Waals surface area contributed by atoms with Crippen LogP contribution in [0.4, 0.5) is 5.95 Å². The van der Waals surface area contributed by atoms with Crippen molar-refractivity contribution in [1.29, 1.82) is 0 Å². The van der Waals surface area contributed by atoms with Crippen LogP contribution in [-0.4, -0.2) is 33.5 Å². The number of thiazole rings is 1. The summed E-state index contributed by atoms with van der Waals surface area (Å²) in [6, 6.07) is 15.5. The molecule has 3 N–H and O–H groups in total. The van der Waals surface area contributed by atoms with Gasteiger partial charge in [0.15, 0.2) is 0 Å². The van der Waals surface area contributed by atoms with Gasteiger partial charge in [-0.2, -0.15) is 0 Å². The minimum atomic E-state index is -0.0208. The quantitative estimate of drug-likeness (QED) is 0.461. The molecule has 4 aromatic rings. The Morgan fingerprint density at radius 1 is 1.13 bits per heavy atom. The predicted octanol–water partition coefficient (Wildman–Crippen LogP) is 3.85. The number of hydrogen-bond acceptors (Lipinski definition) is 7. The number of amides is 1. The average Bonchev–Trinajstić information content (AvgIpc) is 3.50. The minimum absolute atomic E-state index is 0.0208. The van der Waals surface area contributed by atoms with Crippen LogP contribution in [0.5, 0.6) is 5.75 Å². The van der Waals surface area contributed by atoms with Gasteiger partial charge < -0.3 is 15.8 Å². The van der Waals surface area contributed by atoms with E-state index in [-0.39, 0.29) is 11.9 Å². The van der Waals surface area contributed by atoms with Crippen LogP contribution in [0.2, 0.25) is 0 Å². The molecule has 2 aromatic heterocycles. The third kappa shape index (κ3) is 4.64. The smallest absolute Gasteiger partial charge is 0.251 e. The van der Waals surface area contributed by atoms with E-state index in [1.54, 1.807) is 29.7 Å². The number of aromatic nitrogens is 3. The summed E-state index contributed by atoms with van der Waals surface area (Å²) < 4.78 is 6.94. The molecule has 0 bridgehead atoms. The summed E-state index contributed by atoms with van der Waals surface area (Å²) in [4.78, 5) is 25.0. The number of fused-ring (bicyclic) bond motifs is 1. The average molecular weight is 432 g/mol. The normalized spacial score (nSPS) is 13.3. The molecular formula is C23H21N5O2S.